The number of ether oxygens (including phenoxy) is 1. The van der Waals surface area contributed by atoms with E-state index in [1.165, 1.54) is 24.0 Å². The van der Waals surface area contributed by atoms with Gasteiger partial charge in [0.05, 0.1) is 6.04 Å². The summed E-state index contributed by atoms with van der Waals surface area (Å²) >= 11 is 0. The number of likely N-dealkylation sites (tertiary alicyclic amines) is 1. The first kappa shape index (κ1) is 14.9. The molecule has 2 N–H and O–H groups in total. The highest BCUT2D eigenvalue weighted by molar-refractivity contribution is 5.47. The van der Waals surface area contributed by atoms with Crippen LogP contribution in [0.25, 0.3) is 0 Å². The molecule has 0 saturated carbocycles. The zero-order valence-corrected chi connectivity index (χ0v) is 13.6. The van der Waals surface area contributed by atoms with Crippen molar-refractivity contribution in [1.29, 1.82) is 0 Å². The van der Waals surface area contributed by atoms with Gasteiger partial charge in [0.1, 0.15) is 11.4 Å². The number of nitrogens with two attached hydrogens (primary N) is 1. The van der Waals surface area contributed by atoms with Gasteiger partial charge in [-0.05, 0) is 51.3 Å². The van der Waals surface area contributed by atoms with E-state index in [0.717, 1.165) is 31.2 Å². The molecule has 0 bridgehead atoms. The second-order valence-corrected chi connectivity index (χ2v) is 7.34. The van der Waals surface area contributed by atoms with E-state index in [0.29, 0.717) is 12.6 Å². The van der Waals surface area contributed by atoms with Gasteiger partial charge in [0.25, 0.3) is 0 Å². The number of fused-ring (bicyclic) bond motifs is 1. The van der Waals surface area contributed by atoms with E-state index in [1.54, 1.807) is 0 Å². The van der Waals surface area contributed by atoms with Crippen molar-refractivity contribution in [2.45, 2.75) is 51.7 Å². The Kier molecular flexibility index (Phi) is 3.98. The zero-order chi connectivity index (χ0) is 15.0. The first-order valence-corrected chi connectivity index (χ1v) is 8.25. The molecule has 0 aromatic heterocycles. The van der Waals surface area contributed by atoms with Crippen molar-refractivity contribution in [3.8, 4) is 5.75 Å². The van der Waals surface area contributed by atoms with Crippen LogP contribution in [0.5, 0.6) is 5.75 Å². The van der Waals surface area contributed by atoms with Crippen LogP contribution in [-0.2, 0) is 6.42 Å². The quantitative estimate of drug-likeness (QED) is 0.928. The predicted molar refractivity (Wildman–Crippen MR) is 86.6 cm³/mol. The van der Waals surface area contributed by atoms with Crippen molar-refractivity contribution in [2.75, 3.05) is 19.6 Å². The fourth-order valence-corrected chi connectivity index (χ4v) is 3.71. The van der Waals surface area contributed by atoms with Crippen molar-refractivity contribution >= 4 is 0 Å². The van der Waals surface area contributed by atoms with Crippen LogP contribution in [0.1, 0.15) is 50.8 Å². The topological polar surface area (TPSA) is 38.5 Å². The molecule has 1 aromatic carbocycles. The van der Waals surface area contributed by atoms with Gasteiger partial charge in [-0.25, -0.2) is 0 Å². The van der Waals surface area contributed by atoms with Gasteiger partial charge < -0.3 is 10.5 Å². The molecule has 0 aliphatic carbocycles. The first-order valence-electron chi connectivity index (χ1n) is 8.25. The van der Waals surface area contributed by atoms with E-state index in [1.807, 2.05) is 0 Å². The van der Waals surface area contributed by atoms with Crippen LogP contribution in [0.4, 0.5) is 0 Å². The Balaban J connectivity index is 1.87. The van der Waals surface area contributed by atoms with Crippen LogP contribution in [0.2, 0.25) is 0 Å². The summed E-state index contributed by atoms with van der Waals surface area (Å²) < 4.78 is 6.24. The number of hydrogen-bond acceptors (Lipinski definition) is 3. The molecule has 0 amide bonds. The summed E-state index contributed by atoms with van der Waals surface area (Å²) in [7, 11) is 0. The molecule has 1 aromatic rings. The maximum Gasteiger partial charge on any atom is 0.128 e. The minimum absolute atomic E-state index is 0.0893. The van der Waals surface area contributed by atoms with E-state index < -0.39 is 0 Å². The van der Waals surface area contributed by atoms with E-state index in [9.17, 15) is 0 Å². The number of rotatable bonds is 3. The molecule has 3 nitrogen and oxygen atoms in total. The smallest absolute Gasteiger partial charge is 0.128 e. The van der Waals surface area contributed by atoms with Gasteiger partial charge in [-0.15, -0.1) is 0 Å². The van der Waals surface area contributed by atoms with Gasteiger partial charge in [0.2, 0.25) is 0 Å². The van der Waals surface area contributed by atoms with E-state index >= 15 is 0 Å². The Hall–Kier alpha value is -1.06. The van der Waals surface area contributed by atoms with Crippen molar-refractivity contribution in [2.24, 2.45) is 11.7 Å². The molecule has 2 aliphatic heterocycles. The first-order chi connectivity index (χ1) is 10.00. The van der Waals surface area contributed by atoms with Gasteiger partial charge in [0, 0.05) is 18.5 Å². The van der Waals surface area contributed by atoms with Gasteiger partial charge >= 0.3 is 0 Å². The second-order valence-electron chi connectivity index (χ2n) is 7.34. The third kappa shape index (κ3) is 2.95. The molecule has 0 radical (unpaired) electrons. The summed E-state index contributed by atoms with van der Waals surface area (Å²) in [4.78, 5) is 2.55. The normalized spacial score (nSPS) is 23.6. The molecule has 1 atom stereocenters. The number of nitrogens with zero attached hydrogens (tertiary/aromatic N) is 1. The maximum atomic E-state index is 6.24. The molecule has 2 heterocycles. The Bertz CT molecular complexity index is 504. The van der Waals surface area contributed by atoms with Crippen LogP contribution in [0.3, 0.4) is 0 Å². The highest BCUT2D eigenvalue weighted by Gasteiger charge is 2.34. The predicted octanol–water partition coefficient (Wildman–Crippen LogP) is 3.13. The summed E-state index contributed by atoms with van der Waals surface area (Å²) in [5.41, 5.74) is 8.67. The Morgan fingerprint density at radius 3 is 2.71 bits per heavy atom. The molecule has 116 valence electrons. The zero-order valence-electron chi connectivity index (χ0n) is 13.6. The Morgan fingerprint density at radius 1 is 1.33 bits per heavy atom. The summed E-state index contributed by atoms with van der Waals surface area (Å²) in [6.07, 6.45) is 3.54. The van der Waals surface area contributed by atoms with Crippen LogP contribution in [0, 0.1) is 5.92 Å². The third-order valence-electron chi connectivity index (χ3n) is 4.96. The van der Waals surface area contributed by atoms with E-state index in [-0.39, 0.29) is 5.60 Å². The van der Waals surface area contributed by atoms with Crippen LogP contribution < -0.4 is 10.5 Å². The Labute approximate surface area is 128 Å². The Morgan fingerprint density at radius 2 is 2.05 bits per heavy atom. The molecule has 3 heteroatoms. The fourth-order valence-electron chi connectivity index (χ4n) is 3.71. The average Bonchev–Trinajstić information content (AvgIpc) is 2.76. The molecule has 3 rings (SSSR count). The number of benzene rings is 1. The third-order valence-corrected chi connectivity index (χ3v) is 4.96. The van der Waals surface area contributed by atoms with Crippen molar-refractivity contribution < 1.29 is 4.74 Å². The molecule has 2 aliphatic rings. The molecule has 1 unspecified atom stereocenters. The minimum Gasteiger partial charge on any atom is -0.487 e. The molecule has 0 spiro atoms. The SMILES string of the molecule is CC1CCN(C(CN)c2cccc3c2OC(C)(C)C3)CC1. The lowest BCUT2D eigenvalue weighted by atomic mass is 9.94. The molecular formula is C18H28N2O. The fraction of sp³-hybridized carbons (Fsp3) is 0.667. The van der Waals surface area contributed by atoms with E-state index in [2.05, 4.69) is 43.9 Å². The highest BCUT2D eigenvalue weighted by Crippen LogP contribution is 2.41. The van der Waals surface area contributed by atoms with Crippen LogP contribution >= 0.6 is 0 Å². The summed E-state index contributed by atoms with van der Waals surface area (Å²) in [5.74, 6) is 1.94. The summed E-state index contributed by atoms with van der Waals surface area (Å²) in [5, 5.41) is 0. The summed E-state index contributed by atoms with van der Waals surface area (Å²) in [6.45, 7) is 9.63. The maximum absolute atomic E-state index is 6.24. The number of para-hydroxylation sites is 1. The highest BCUT2D eigenvalue weighted by atomic mass is 16.5. The van der Waals surface area contributed by atoms with Gasteiger partial charge in [-0.3, -0.25) is 4.90 Å². The van der Waals surface area contributed by atoms with Gasteiger partial charge in [0.15, 0.2) is 0 Å². The summed E-state index contributed by atoms with van der Waals surface area (Å²) in [6, 6.07) is 6.85. The number of piperidine rings is 1. The number of hydrogen-bond donors (Lipinski definition) is 1. The minimum atomic E-state index is -0.0893. The van der Waals surface area contributed by atoms with Gasteiger partial charge in [-0.2, -0.15) is 0 Å². The standard InChI is InChI=1S/C18H28N2O/c1-13-7-9-20(10-8-13)16(12-19)15-6-4-5-14-11-18(2,3)21-17(14)15/h4-6,13,16H,7-12,19H2,1-3H3. The van der Waals surface area contributed by atoms with Crippen LogP contribution in [-0.4, -0.2) is 30.1 Å². The largest absolute Gasteiger partial charge is 0.487 e. The van der Waals surface area contributed by atoms with Gasteiger partial charge in [-0.1, -0.05) is 25.1 Å². The second kappa shape index (κ2) is 5.62. The average molecular weight is 288 g/mol. The molecule has 1 fully saturated rings. The van der Waals surface area contributed by atoms with Crippen LogP contribution in [0.15, 0.2) is 18.2 Å². The van der Waals surface area contributed by atoms with Crippen molar-refractivity contribution in [3.05, 3.63) is 29.3 Å². The molecule has 21 heavy (non-hydrogen) atoms. The molecule has 1 saturated heterocycles. The van der Waals surface area contributed by atoms with Crippen molar-refractivity contribution in [1.82, 2.24) is 4.90 Å². The van der Waals surface area contributed by atoms with E-state index in [4.69, 9.17) is 10.5 Å². The lowest BCUT2D eigenvalue weighted by molar-refractivity contribution is 0.121. The monoisotopic (exact) mass is 288 g/mol. The molecular weight excluding hydrogens is 260 g/mol. The lowest BCUT2D eigenvalue weighted by Crippen LogP contribution is -2.39. The van der Waals surface area contributed by atoms with Crippen molar-refractivity contribution in [3.63, 3.8) is 0 Å². The lowest BCUT2D eigenvalue weighted by Gasteiger charge is -2.37.